The van der Waals surface area contributed by atoms with Gasteiger partial charge in [0.1, 0.15) is 5.69 Å². The third kappa shape index (κ3) is 2.76. The second-order valence-corrected chi connectivity index (χ2v) is 8.05. The van der Waals surface area contributed by atoms with Crippen molar-refractivity contribution in [2.24, 2.45) is 5.41 Å². The minimum Gasteiger partial charge on any atom is -0.336 e. The number of aromatic nitrogens is 2. The monoisotopic (exact) mass is 353 g/mol. The van der Waals surface area contributed by atoms with E-state index in [1.54, 1.807) is 10.6 Å². The SMILES string of the molecule is CC1(C)CN(C(=O)c2cc(=O)nc3sccn23)CC1c1ccccc1. The van der Waals surface area contributed by atoms with Crippen LogP contribution in [0.25, 0.3) is 4.96 Å². The summed E-state index contributed by atoms with van der Waals surface area (Å²) < 4.78 is 1.71. The molecule has 3 heterocycles. The zero-order chi connectivity index (χ0) is 17.6. The number of fused-ring (bicyclic) bond motifs is 1. The molecule has 0 aliphatic carbocycles. The van der Waals surface area contributed by atoms with Gasteiger partial charge in [-0.2, -0.15) is 4.98 Å². The topological polar surface area (TPSA) is 54.7 Å². The average molecular weight is 353 g/mol. The first-order chi connectivity index (χ1) is 12.0. The van der Waals surface area contributed by atoms with Crippen molar-refractivity contribution in [3.63, 3.8) is 0 Å². The highest BCUT2D eigenvalue weighted by Gasteiger charge is 2.42. The molecule has 1 aliphatic heterocycles. The van der Waals surface area contributed by atoms with Crippen LogP contribution in [0.5, 0.6) is 0 Å². The van der Waals surface area contributed by atoms with Crippen molar-refractivity contribution in [3.8, 4) is 0 Å². The van der Waals surface area contributed by atoms with Crippen LogP contribution in [-0.4, -0.2) is 33.3 Å². The number of carbonyl (C=O) groups is 1. The lowest BCUT2D eigenvalue weighted by Crippen LogP contribution is -2.32. The number of thiazole rings is 1. The Morgan fingerprint density at radius 3 is 2.80 bits per heavy atom. The molecular formula is C19H19N3O2S. The van der Waals surface area contributed by atoms with E-state index in [1.165, 1.54) is 23.0 Å². The molecule has 0 radical (unpaired) electrons. The maximum Gasteiger partial charge on any atom is 0.274 e. The van der Waals surface area contributed by atoms with E-state index >= 15 is 0 Å². The molecule has 4 rings (SSSR count). The van der Waals surface area contributed by atoms with Crippen LogP contribution in [0.2, 0.25) is 0 Å². The maximum atomic E-state index is 13.1. The Hall–Kier alpha value is -2.47. The van der Waals surface area contributed by atoms with Crippen molar-refractivity contribution in [1.29, 1.82) is 0 Å². The van der Waals surface area contributed by atoms with Crippen LogP contribution < -0.4 is 5.56 Å². The quantitative estimate of drug-likeness (QED) is 0.712. The Morgan fingerprint density at radius 1 is 1.28 bits per heavy atom. The number of rotatable bonds is 2. The van der Waals surface area contributed by atoms with Gasteiger partial charge in [-0.1, -0.05) is 44.2 Å². The summed E-state index contributed by atoms with van der Waals surface area (Å²) in [7, 11) is 0. The fourth-order valence-corrected chi connectivity index (χ4v) is 4.43. The van der Waals surface area contributed by atoms with Crippen molar-refractivity contribution in [2.75, 3.05) is 13.1 Å². The first kappa shape index (κ1) is 16.0. The summed E-state index contributed by atoms with van der Waals surface area (Å²) in [5.74, 6) is 0.161. The molecule has 6 heteroatoms. The molecule has 1 unspecified atom stereocenters. The Bertz CT molecular complexity index is 991. The van der Waals surface area contributed by atoms with Crippen molar-refractivity contribution in [1.82, 2.24) is 14.3 Å². The van der Waals surface area contributed by atoms with Crippen LogP contribution in [0, 0.1) is 5.41 Å². The molecule has 5 nitrogen and oxygen atoms in total. The van der Waals surface area contributed by atoms with Gasteiger partial charge in [0.15, 0.2) is 4.96 Å². The molecule has 2 aromatic heterocycles. The van der Waals surface area contributed by atoms with E-state index < -0.39 is 0 Å². The van der Waals surface area contributed by atoms with Crippen LogP contribution in [0.4, 0.5) is 0 Å². The van der Waals surface area contributed by atoms with Gasteiger partial charge >= 0.3 is 0 Å². The zero-order valence-electron chi connectivity index (χ0n) is 14.2. The van der Waals surface area contributed by atoms with Gasteiger partial charge in [-0.05, 0) is 11.0 Å². The van der Waals surface area contributed by atoms with Crippen LogP contribution in [0.1, 0.15) is 35.8 Å². The van der Waals surface area contributed by atoms with Gasteiger partial charge in [0.05, 0.1) is 0 Å². The molecule has 0 N–H and O–H groups in total. The van der Waals surface area contributed by atoms with E-state index in [0.717, 1.165) is 0 Å². The molecule has 0 spiro atoms. The van der Waals surface area contributed by atoms with Crippen LogP contribution in [0.15, 0.2) is 52.8 Å². The number of likely N-dealkylation sites (tertiary alicyclic amines) is 1. The van der Waals surface area contributed by atoms with E-state index in [9.17, 15) is 9.59 Å². The Kier molecular flexibility index (Phi) is 3.72. The second kappa shape index (κ2) is 5.81. The van der Waals surface area contributed by atoms with E-state index in [4.69, 9.17) is 0 Å². The number of benzene rings is 1. The van der Waals surface area contributed by atoms with Crippen molar-refractivity contribution < 1.29 is 4.79 Å². The normalized spacial score (nSPS) is 19.4. The Morgan fingerprint density at radius 2 is 2.04 bits per heavy atom. The van der Waals surface area contributed by atoms with E-state index in [0.29, 0.717) is 23.7 Å². The molecule has 1 aromatic carbocycles. The fraction of sp³-hybridized carbons (Fsp3) is 0.316. The van der Waals surface area contributed by atoms with Gasteiger partial charge in [-0.25, -0.2) is 0 Å². The molecule has 1 amide bonds. The molecule has 25 heavy (non-hydrogen) atoms. The van der Waals surface area contributed by atoms with Gasteiger partial charge in [-0.15, -0.1) is 11.3 Å². The summed E-state index contributed by atoms with van der Waals surface area (Å²) in [4.78, 5) is 31.3. The highest BCUT2D eigenvalue weighted by Crippen LogP contribution is 2.42. The van der Waals surface area contributed by atoms with Gasteiger partial charge in [-0.3, -0.25) is 14.0 Å². The molecule has 3 aromatic rings. The fourth-order valence-electron chi connectivity index (χ4n) is 3.71. The smallest absolute Gasteiger partial charge is 0.274 e. The van der Waals surface area contributed by atoms with Gasteiger partial charge in [0.2, 0.25) is 0 Å². The molecular weight excluding hydrogens is 334 g/mol. The number of carbonyl (C=O) groups excluding carboxylic acids is 1. The number of hydrogen-bond acceptors (Lipinski definition) is 4. The zero-order valence-corrected chi connectivity index (χ0v) is 15.0. The average Bonchev–Trinajstić information content (AvgIpc) is 3.17. The van der Waals surface area contributed by atoms with Gasteiger partial charge < -0.3 is 4.90 Å². The summed E-state index contributed by atoms with van der Waals surface area (Å²) >= 11 is 1.35. The lowest BCUT2D eigenvalue weighted by molar-refractivity contribution is 0.0770. The Labute approximate surface area is 149 Å². The van der Waals surface area contributed by atoms with Gasteiger partial charge in [0, 0.05) is 36.7 Å². The maximum absolute atomic E-state index is 13.1. The number of nitrogens with zero attached hydrogens (tertiary/aromatic N) is 3. The molecule has 1 saturated heterocycles. The predicted octanol–water partition coefficient (Wildman–Crippen LogP) is 3.02. The molecule has 0 saturated carbocycles. The first-order valence-electron chi connectivity index (χ1n) is 8.27. The van der Waals surface area contributed by atoms with Crippen LogP contribution in [0.3, 0.4) is 0 Å². The minimum absolute atomic E-state index is 0.0250. The predicted molar refractivity (Wildman–Crippen MR) is 98.2 cm³/mol. The number of amides is 1. The van der Waals surface area contributed by atoms with Crippen molar-refractivity contribution >= 4 is 22.2 Å². The molecule has 0 bridgehead atoms. The summed E-state index contributed by atoms with van der Waals surface area (Å²) in [6, 6.07) is 11.7. The molecule has 1 aliphatic rings. The van der Waals surface area contributed by atoms with Crippen molar-refractivity contribution in [3.05, 3.63) is 69.6 Å². The molecule has 1 atom stereocenters. The second-order valence-electron chi connectivity index (χ2n) is 7.17. The van der Waals surface area contributed by atoms with Crippen molar-refractivity contribution in [2.45, 2.75) is 19.8 Å². The van der Waals surface area contributed by atoms with E-state index in [1.807, 2.05) is 28.5 Å². The van der Waals surface area contributed by atoms with E-state index in [2.05, 4.69) is 31.0 Å². The summed E-state index contributed by atoms with van der Waals surface area (Å²) in [5.41, 5.74) is 1.24. The standard InChI is InChI=1S/C19H19N3O2S/c1-19(2)12-21(11-14(19)13-6-4-3-5-7-13)17(24)15-10-16(23)20-18-22(15)8-9-25-18/h3-10,14H,11-12H2,1-2H3. The summed E-state index contributed by atoms with van der Waals surface area (Å²) in [6.45, 7) is 5.69. The number of hydrogen-bond donors (Lipinski definition) is 0. The third-order valence-electron chi connectivity index (χ3n) is 4.97. The summed E-state index contributed by atoms with van der Waals surface area (Å²) in [5, 5.41) is 1.83. The minimum atomic E-state index is -0.371. The van der Waals surface area contributed by atoms with Crippen LogP contribution in [-0.2, 0) is 0 Å². The third-order valence-corrected chi connectivity index (χ3v) is 5.72. The molecule has 128 valence electrons. The van der Waals surface area contributed by atoms with Crippen LogP contribution >= 0.6 is 11.3 Å². The first-order valence-corrected chi connectivity index (χ1v) is 9.15. The largest absolute Gasteiger partial charge is 0.336 e. The lowest BCUT2D eigenvalue weighted by atomic mass is 9.78. The van der Waals surface area contributed by atoms with Gasteiger partial charge in [0.25, 0.3) is 11.5 Å². The Balaban J connectivity index is 1.69. The highest BCUT2D eigenvalue weighted by molar-refractivity contribution is 7.15. The molecule has 1 fully saturated rings. The summed E-state index contributed by atoms with van der Waals surface area (Å²) in [6.07, 6.45) is 1.79. The van der Waals surface area contributed by atoms with E-state index in [-0.39, 0.29) is 22.8 Å². The highest BCUT2D eigenvalue weighted by atomic mass is 32.1. The lowest BCUT2D eigenvalue weighted by Gasteiger charge is -2.25.